The zero-order valence-corrected chi connectivity index (χ0v) is 9.48. The van der Waals surface area contributed by atoms with Gasteiger partial charge in [-0.3, -0.25) is 9.69 Å². The topological polar surface area (TPSA) is 65.4 Å². The van der Waals surface area contributed by atoms with E-state index in [9.17, 15) is 4.79 Å². The number of carbonyl (C=O) groups excluding carboxylic acids is 1. The van der Waals surface area contributed by atoms with Gasteiger partial charge in [0.25, 0.3) is 0 Å². The Bertz CT molecular complexity index is 298. The lowest BCUT2D eigenvalue weighted by Gasteiger charge is -2.33. The Hall–Kier alpha value is -1.38. The zero-order chi connectivity index (χ0) is 12.0. The third-order valence-electron chi connectivity index (χ3n) is 2.59. The van der Waals surface area contributed by atoms with Gasteiger partial charge in [0.05, 0.1) is 18.7 Å². The molecule has 0 aromatic rings. The summed E-state index contributed by atoms with van der Waals surface area (Å²) >= 11 is 0. The summed E-state index contributed by atoms with van der Waals surface area (Å²) in [6, 6.07) is 1.82. The molecule has 88 valence electrons. The third kappa shape index (κ3) is 3.33. The van der Waals surface area contributed by atoms with Gasteiger partial charge in [0.15, 0.2) is 6.10 Å². The highest BCUT2D eigenvalue weighted by atomic mass is 16.5. The molecule has 1 fully saturated rings. The zero-order valence-electron chi connectivity index (χ0n) is 9.48. The minimum Gasteiger partial charge on any atom is -0.361 e. The standard InChI is InChI=1S/C11H17N3O2/c1-3-4-13-11(15)9(2)14-5-6-16-10(7-12)8-14/h3,9-10H,1,4-6,8H2,2H3,(H,13,15). The maximum Gasteiger partial charge on any atom is 0.237 e. The predicted molar refractivity (Wildman–Crippen MR) is 59.6 cm³/mol. The van der Waals surface area contributed by atoms with E-state index >= 15 is 0 Å². The second kappa shape index (κ2) is 6.26. The van der Waals surface area contributed by atoms with E-state index in [2.05, 4.69) is 18.0 Å². The van der Waals surface area contributed by atoms with Gasteiger partial charge in [-0.25, -0.2) is 0 Å². The van der Waals surface area contributed by atoms with Crippen LogP contribution in [-0.4, -0.2) is 49.2 Å². The summed E-state index contributed by atoms with van der Waals surface area (Å²) in [5, 5.41) is 11.5. The van der Waals surface area contributed by atoms with E-state index in [-0.39, 0.29) is 11.9 Å². The molecular weight excluding hydrogens is 206 g/mol. The summed E-state index contributed by atoms with van der Waals surface area (Å²) in [7, 11) is 0. The smallest absolute Gasteiger partial charge is 0.237 e. The fourth-order valence-corrected chi connectivity index (χ4v) is 1.59. The van der Waals surface area contributed by atoms with Gasteiger partial charge in [0, 0.05) is 19.6 Å². The van der Waals surface area contributed by atoms with Crippen molar-refractivity contribution in [2.24, 2.45) is 0 Å². The van der Waals surface area contributed by atoms with Crippen molar-refractivity contribution in [3.8, 4) is 6.07 Å². The molecule has 1 aliphatic rings. The first-order chi connectivity index (χ1) is 7.69. The summed E-state index contributed by atoms with van der Waals surface area (Å²) in [5.41, 5.74) is 0. The molecule has 5 nitrogen and oxygen atoms in total. The summed E-state index contributed by atoms with van der Waals surface area (Å²) in [6.45, 7) is 7.50. The first-order valence-corrected chi connectivity index (χ1v) is 5.33. The maximum atomic E-state index is 11.7. The molecule has 0 radical (unpaired) electrons. The number of nitrogens with zero attached hydrogens (tertiary/aromatic N) is 2. The van der Waals surface area contributed by atoms with Crippen LogP contribution in [0, 0.1) is 11.3 Å². The van der Waals surface area contributed by atoms with Crippen LogP contribution in [0.2, 0.25) is 0 Å². The maximum absolute atomic E-state index is 11.7. The number of ether oxygens (including phenoxy) is 1. The third-order valence-corrected chi connectivity index (χ3v) is 2.59. The Morgan fingerprint density at radius 2 is 2.62 bits per heavy atom. The molecule has 1 amide bonds. The monoisotopic (exact) mass is 223 g/mol. The van der Waals surface area contributed by atoms with Crippen LogP contribution >= 0.6 is 0 Å². The molecule has 1 rings (SSSR count). The second-order valence-electron chi connectivity index (χ2n) is 3.69. The van der Waals surface area contributed by atoms with Crippen LogP contribution in [0.15, 0.2) is 12.7 Å². The molecule has 0 spiro atoms. The van der Waals surface area contributed by atoms with Gasteiger partial charge < -0.3 is 10.1 Å². The second-order valence-corrected chi connectivity index (χ2v) is 3.69. The quantitative estimate of drug-likeness (QED) is 0.676. The molecule has 2 atom stereocenters. The number of carbonyl (C=O) groups is 1. The molecule has 0 aliphatic carbocycles. The van der Waals surface area contributed by atoms with Crippen LogP contribution in [-0.2, 0) is 9.53 Å². The van der Waals surface area contributed by atoms with Crippen LogP contribution < -0.4 is 5.32 Å². The van der Waals surface area contributed by atoms with E-state index in [1.54, 1.807) is 6.08 Å². The largest absolute Gasteiger partial charge is 0.361 e. The minimum atomic E-state index is -0.427. The lowest BCUT2D eigenvalue weighted by atomic mass is 10.2. The highest BCUT2D eigenvalue weighted by molar-refractivity contribution is 5.81. The number of hydrogen-bond acceptors (Lipinski definition) is 4. The van der Waals surface area contributed by atoms with Crippen molar-refractivity contribution >= 4 is 5.91 Å². The van der Waals surface area contributed by atoms with E-state index in [0.29, 0.717) is 26.2 Å². The molecule has 1 N–H and O–H groups in total. The molecule has 1 heterocycles. The number of amides is 1. The molecule has 1 aliphatic heterocycles. The number of hydrogen-bond donors (Lipinski definition) is 1. The average molecular weight is 223 g/mol. The Balaban J connectivity index is 2.46. The first-order valence-electron chi connectivity index (χ1n) is 5.33. The number of rotatable bonds is 4. The molecule has 0 bridgehead atoms. The molecule has 0 aromatic carbocycles. The number of nitrogens with one attached hydrogen (secondary N) is 1. The van der Waals surface area contributed by atoms with Crippen LogP contribution in [0.3, 0.4) is 0 Å². The van der Waals surface area contributed by atoms with Gasteiger partial charge in [0.2, 0.25) is 5.91 Å². The van der Waals surface area contributed by atoms with Crippen molar-refractivity contribution in [2.45, 2.75) is 19.1 Å². The van der Waals surface area contributed by atoms with Gasteiger partial charge in [0.1, 0.15) is 0 Å². The van der Waals surface area contributed by atoms with Gasteiger partial charge in [-0.05, 0) is 6.92 Å². The molecule has 2 unspecified atom stereocenters. The number of nitriles is 1. The molecule has 0 saturated carbocycles. The van der Waals surface area contributed by atoms with E-state index in [0.717, 1.165) is 0 Å². The normalized spacial score (nSPS) is 23.1. The average Bonchev–Trinajstić information content (AvgIpc) is 2.35. The van der Waals surface area contributed by atoms with Crippen LogP contribution in [0.25, 0.3) is 0 Å². The Kier molecular flexibility index (Phi) is 4.96. The molecule has 5 heteroatoms. The number of morpholine rings is 1. The van der Waals surface area contributed by atoms with Gasteiger partial charge in [-0.2, -0.15) is 5.26 Å². The van der Waals surface area contributed by atoms with Crippen molar-refractivity contribution in [1.82, 2.24) is 10.2 Å². The van der Waals surface area contributed by atoms with Crippen molar-refractivity contribution in [2.75, 3.05) is 26.2 Å². The fraction of sp³-hybridized carbons (Fsp3) is 0.636. The van der Waals surface area contributed by atoms with Gasteiger partial charge in [-0.1, -0.05) is 6.08 Å². The Morgan fingerprint density at radius 1 is 1.88 bits per heavy atom. The predicted octanol–water partition coefficient (Wildman–Crippen LogP) is -0.0985. The van der Waals surface area contributed by atoms with E-state index in [1.807, 2.05) is 11.8 Å². The minimum absolute atomic E-state index is 0.0431. The lowest BCUT2D eigenvalue weighted by molar-refractivity contribution is -0.128. The van der Waals surface area contributed by atoms with E-state index < -0.39 is 6.10 Å². The van der Waals surface area contributed by atoms with Crippen LogP contribution in [0.4, 0.5) is 0 Å². The van der Waals surface area contributed by atoms with Crippen LogP contribution in [0.1, 0.15) is 6.92 Å². The Morgan fingerprint density at radius 3 is 3.25 bits per heavy atom. The first kappa shape index (κ1) is 12.7. The SMILES string of the molecule is C=CCNC(=O)C(C)N1CCOC(C#N)C1. The highest BCUT2D eigenvalue weighted by Crippen LogP contribution is 2.08. The van der Waals surface area contributed by atoms with E-state index in [4.69, 9.17) is 10.00 Å². The van der Waals surface area contributed by atoms with Gasteiger partial charge >= 0.3 is 0 Å². The highest BCUT2D eigenvalue weighted by Gasteiger charge is 2.27. The van der Waals surface area contributed by atoms with Gasteiger partial charge in [-0.15, -0.1) is 6.58 Å². The molecule has 16 heavy (non-hydrogen) atoms. The van der Waals surface area contributed by atoms with Crippen molar-refractivity contribution in [3.63, 3.8) is 0 Å². The molecule has 0 aromatic heterocycles. The van der Waals surface area contributed by atoms with E-state index in [1.165, 1.54) is 0 Å². The summed E-state index contributed by atoms with van der Waals surface area (Å²) < 4.78 is 5.22. The van der Waals surface area contributed by atoms with Crippen molar-refractivity contribution in [1.29, 1.82) is 5.26 Å². The van der Waals surface area contributed by atoms with Crippen LogP contribution in [0.5, 0.6) is 0 Å². The summed E-state index contributed by atoms with van der Waals surface area (Å²) in [4.78, 5) is 13.6. The summed E-state index contributed by atoms with van der Waals surface area (Å²) in [6.07, 6.45) is 1.21. The van der Waals surface area contributed by atoms with Crippen molar-refractivity contribution in [3.05, 3.63) is 12.7 Å². The fourth-order valence-electron chi connectivity index (χ4n) is 1.59. The lowest BCUT2D eigenvalue weighted by Crippen LogP contribution is -2.52. The Labute approximate surface area is 95.7 Å². The molecular formula is C11H17N3O2. The van der Waals surface area contributed by atoms with Crippen molar-refractivity contribution < 1.29 is 9.53 Å². The summed E-state index contributed by atoms with van der Waals surface area (Å²) in [5.74, 6) is -0.0431. The molecule has 1 saturated heterocycles.